The van der Waals surface area contributed by atoms with E-state index in [1.54, 1.807) is 30.5 Å². The van der Waals surface area contributed by atoms with Crippen molar-refractivity contribution in [2.45, 2.75) is 36.5 Å². The van der Waals surface area contributed by atoms with Gasteiger partial charge in [-0.15, -0.1) is 0 Å². The number of hydrogen-bond acceptors (Lipinski definition) is 3. The standard InChI is InChI=1S/C22H24N2O2S/c1-16-10-11-20-19(13-16)22(24-12-6-7-17(2)15-24)21(14-23-20)27(25,26)18-8-4-3-5-9-18/h3-5,8-11,13-14,17H,6-7,12,15H2,1-2H3/p+1/t17-/m0/s1. The third-order valence-electron chi connectivity index (χ3n) is 5.34. The number of anilines is 1. The number of aromatic nitrogens is 1. The number of nitrogens with one attached hydrogen (secondary N) is 1. The summed E-state index contributed by atoms with van der Waals surface area (Å²) in [6.07, 6.45) is 3.93. The van der Waals surface area contributed by atoms with Crippen LogP contribution in [0.1, 0.15) is 25.3 Å². The number of H-pyrrole nitrogens is 1. The van der Waals surface area contributed by atoms with E-state index in [1.807, 2.05) is 25.1 Å². The molecule has 1 aliphatic rings. The summed E-state index contributed by atoms with van der Waals surface area (Å²) in [6, 6.07) is 14.9. The molecule has 1 N–H and O–H groups in total. The number of sulfone groups is 1. The second-order valence-electron chi connectivity index (χ2n) is 7.56. The fourth-order valence-corrected chi connectivity index (χ4v) is 5.45. The molecular weight excluding hydrogens is 356 g/mol. The van der Waals surface area contributed by atoms with Crippen LogP contribution in [0.3, 0.4) is 0 Å². The van der Waals surface area contributed by atoms with Crippen molar-refractivity contribution in [3.8, 4) is 0 Å². The van der Waals surface area contributed by atoms with E-state index in [-0.39, 0.29) is 0 Å². The fourth-order valence-electron chi connectivity index (χ4n) is 3.97. The van der Waals surface area contributed by atoms with E-state index in [0.29, 0.717) is 15.7 Å². The molecule has 0 amide bonds. The Bertz CT molecular complexity index is 1080. The lowest BCUT2D eigenvalue weighted by Crippen LogP contribution is -2.35. The molecule has 4 rings (SSSR count). The van der Waals surface area contributed by atoms with Gasteiger partial charge in [0.05, 0.1) is 16.0 Å². The quantitative estimate of drug-likeness (QED) is 0.688. The number of pyridine rings is 1. The van der Waals surface area contributed by atoms with Crippen LogP contribution in [0.4, 0.5) is 5.69 Å². The zero-order valence-electron chi connectivity index (χ0n) is 15.8. The van der Waals surface area contributed by atoms with Gasteiger partial charge in [-0.05, 0) is 49.4 Å². The first-order valence-electron chi connectivity index (χ1n) is 9.47. The van der Waals surface area contributed by atoms with E-state index in [2.05, 4.69) is 22.9 Å². The van der Waals surface area contributed by atoms with Crippen molar-refractivity contribution in [1.29, 1.82) is 0 Å². The van der Waals surface area contributed by atoms with Gasteiger partial charge in [0, 0.05) is 19.2 Å². The van der Waals surface area contributed by atoms with Crippen molar-refractivity contribution >= 4 is 26.4 Å². The van der Waals surface area contributed by atoms with Crippen LogP contribution in [0.5, 0.6) is 0 Å². The highest BCUT2D eigenvalue weighted by Crippen LogP contribution is 2.37. The number of hydrogen-bond donors (Lipinski definition) is 0. The van der Waals surface area contributed by atoms with E-state index in [1.165, 1.54) is 6.42 Å². The van der Waals surface area contributed by atoms with Crippen LogP contribution < -0.4 is 9.88 Å². The lowest BCUT2D eigenvalue weighted by atomic mass is 9.99. The Kier molecular flexibility index (Phi) is 4.64. The Hall–Kier alpha value is -2.40. The van der Waals surface area contributed by atoms with Gasteiger partial charge in [-0.3, -0.25) is 0 Å². The minimum absolute atomic E-state index is 0.330. The number of nitrogens with zero attached hydrogens (tertiary/aromatic N) is 1. The topological polar surface area (TPSA) is 51.5 Å². The van der Waals surface area contributed by atoms with Crippen LogP contribution in [0.15, 0.2) is 64.5 Å². The average molecular weight is 382 g/mol. The average Bonchev–Trinajstić information content (AvgIpc) is 2.67. The number of fused-ring (bicyclic) bond motifs is 1. The largest absolute Gasteiger partial charge is 0.369 e. The van der Waals surface area contributed by atoms with E-state index in [4.69, 9.17) is 0 Å². The lowest BCUT2D eigenvalue weighted by Gasteiger charge is -2.34. The van der Waals surface area contributed by atoms with Gasteiger partial charge >= 0.3 is 0 Å². The molecule has 140 valence electrons. The molecular formula is C22H25N2O2S+. The molecule has 0 aliphatic carbocycles. The highest BCUT2D eigenvalue weighted by Gasteiger charge is 2.30. The number of rotatable bonds is 3. The van der Waals surface area contributed by atoms with Crippen LogP contribution in [-0.2, 0) is 9.84 Å². The summed E-state index contributed by atoms with van der Waals surface area (Å²) in [7, 11) is -3.61. The van der Waals surface area contributed by atoms with Gasteiger partial charge in [-0.2, -0.15) is 0 Å². The summed E-state index contributed by atoms with van der Waals surface area (Å²) in [6.45, 7) is 6.04. The second-order valence-corrected chi connectivity index (χ2v) is 9.48. The van der Waals surface area contributed by atoms with Gasteiger partial charge in [0.1, 0.15) is 0 Å². The zero-order valence-corrected chi connectivity index (χ0v) is 16.6. The maximum absolute atomic E-state index is 13.5. The predicted molar refractivity (Wildman–Crippen MR) is 108 cm³/mol. The Labute approximate surface area is 160 Å². The van der Waals surface area contributed by atoms with Crippen LogP contribution in [0.2, 0.25) is 0 Å². The smallest absolute Gasteiger partial charge is 0.214 e. The summed E-state index contributed by atoms with van der Waals surface area (Å²) in [5, 5.41) is 0.973. The highest BCUT2D eigenvalue weighted by atomic mass is 32.2. The minimum Gasteiger partial charge on any atom is -0.369 e. The van der Waals surface area contributed by atoms with Crippen molar-refractivity contribution in [3.63, 3.8) is 0 Å². The van der Waals surface area contributed by atoms with Crippen LogP contribution >= 0.6 is 0 Å². The van der Waals surface area contributed by atoms with E-state index in [9.17, 15) is 8.42 Å². The van der Waals surface area contributed by atoms with Gasteiger partial charge in [-0.25, -0.2) is 13.4 Å². The molecule has 3 aromatic rings. The number of aryl methyl sites for hydroxylation is 1. The van der Waals surface area contributed by atoms with Crippen LogP contribution in [0.25, 0.3) is 10.9 Å². The molecule has 0 saturated carbocycles. The second kappa shape index (κ2) is 6.97. The molecule has 1 aliphatic heterocycles. The van der Waals surface area contributed by atoms with E-state index in [0.717, 1.165) is 41.7 Å². The molecule has 2 aromatic carbocycles. The Morgan fingerprint density at radius 1 is 1.11 bits per heavy atom. The Morgan fingerprint density at radius 3 is 2.63 bits per heavy atom. The summed E-state index contributed by atoms with van der Waals surface area (Å²) in [5.41, 5.74) is 2.92. The molecule has 4 nitrogen and oxygen atoms in total. The molecule has 0 radical (unpaired) electrons. The molecule has 1 aromatic heterocycles. The molecule has 0 spiro atoms. The van der Waals surface area contributed by atoms with Gasteiger partial charge in [-0.1, -0.05) is 31.2 Å². The third kappa shape index (κ3) is 3.32. The number of aromatic amines is 1. The third-order valence-corrected chi connectivity index (χ3v) is 7.12. The van der Waals surface area contributed by atoms with Gasteiger partial charge < -0.3 is 4.90 Å². The minimum atomic E-state index is -3.61. The Balaban J connectivity index is 1.99. The molecule has 1 fully saturated rings. The normalized spacial score (nSPS) is 18.0. The van der Waals surface area contributed by atoms with Crippen molar-refractivity contribution in [3.05, 3.63) is 60.3 Å². The maximum atomic E-state index is 13.5. The SMILES string of the molecule is Cc1ccc2[nH+]cc(S(=O)(=O)c3ccccc3)c(N3CCC[C@H](C)C3)c2c1. The van der Waals surface area contributed by atoms with Crippen molar-refractivity contribution in [2.24, 2.45) is 5.92 Å². The van der Waals surface area contributed by atoms with E-state index < -0.39 is 9.84 Å². The highest BCUT2D eigenvalue weighted by molar-refractivity contribution is 7.91. The predicted octanol–water partition coefficient (Wildman–Crippen LogP) is 4.03. The van der Waals surface area contributed by atoms with E-state index >= 15 is 0 Å². The van der Waals surface area contributed by atoms with Gasteiger partial charge in [0.15, 0.2) is 11.1 Å². The molecule has 0 unspecified atom stereocenters. The first kappa shape index (κ1) is 18.0. The fraction of sp³-hybridized carbons (Fsp3) is 0.318. The monoisotopic (exact) mass is 381 g/mol. The molecule has 27 heavy (non-hydrogen) atoms. The summed E-state index contributed by atoms with van der Waals surface area (Å²) >= 11 is 0. The van der Waals surface area contributed by atoms with Crippen molar-refractivity contribution in [1.82, 2.24) is 0 Å². The van der Waals surface area contributed by atoms with Crippen molar-refractivity contribution < 1.29 is 13.4 Å². The number of piperidine rings is 1. The summed E-state index contributed by atoms with van der Waals surface area (Å²) < 4.78 is 26.9. The molecule has 1 atom stereocenters. The molecule has 0 bridgehead atoms. The summed E-state index contributed by atoms with van der Waals surface area (Å²) in [4.78, 5) is 6.16. The van der Waals surface area contributed by atoms with Crippen LogP contribution in [0, 0.1) is 12.8 Å². The van der Waals surface area contributed by atoms with Crippen LogP contribution in [-0.4, -0.2) is 21.5 Å². The Morgan fingerprint density at radius 2 is 1.89 bits per heavy atom. The lowest BCUT2D eigenvalue weighted by molar-refractivity contribution is -0.347. The number of benzene rings is 2. The van der Waals surface area contributed by atoms with Gasteiger partial charge in [0.25, 0.3) is 0 Å². The first-order valence-corrected chi connectivity index (χ1v) is 11.0. The zero-order chi connectivity index (χ0) is 19.0. The molecule has 2 heterocycles. The molecule has 5 heteroatoms. The first-order chi connectivity index (χ1) is 13.0. The van der Waals surface area contributed by atoms with Gasteiger partial charge in [0.2, 0.25) is 15.4 Å². The molecule has 1 saturated heterocycles. The van der Waals surface area contributed by atoms with Crippen molar-refractivity contribution in [2.75, 3.05) is 18.0 Å². The summed E-state index contributed by atoms with van der Waals surface area (Å²) in [5.74, 6) is 0.551. The maximum Gasteiger partial charge on any atom is 0.214 e.